The van der Waals surface area contributed by atoms with Crippen molar-refractivity contribution in [2.45, 2.75) is 52.2 Å². The van der Waals surface area contributed by atoms with Gasteiger partial charge in [0.2, 0.25) is 0 Å². The molecule has 3 heteroatoms. The van der Waals surface area contributed by atoms with Crippen LogP contribution in [0.25, 0.3) is 0 Å². The standard InChI is InChI=1S/C14H30N2O/c1-12(15-5)13-7-6-8-16(11-13)9-10-17-14(2,3)4/h12-13,15H,6-11H2,1-5H3. The average Bonchev–Trinajstić information content (AvgIpc) is 2.27. The van der Waals surface area contributed by atoms with Gasteiger partial charge in [0.15, 0.2) is 0 Å². The lowest BCUT2D eigenvalue weighted by molar-refractivity contribution is -0.0178. The van der Waals surface area contributed by atoms with E-state index in [4.69, 9.17) is 4.74 Å². The molecule has 0 aromatic rings. The minimum absolute atomic E-state index is 0.00649. The van der Waals surface area contributed by atoms with Crippen molar-refractivity contribution in [1.29, 1.82) is 0 Å². The molecule has 0 saturated carbocycles. The van der Waals surface area contributed by atoms with E-state index in [1.165, 1.54) is 25.9 Å². The van der Waals surface area contributed by atoms with Crippen molar-refractivity contribution >= 4 is 0 Å². The maximum atomic E-state index is 5.80. The van der Waals surface area contributed by atoms with Crippen molar-refractivity contribution in [3.8, 4) is 0 Å². The molecular formula is C14H30N2O. The summed E-state index contributed by atoms with van der Waals surface area (Å²) in [5.41, 5.74) is -0.00649. The minimum atomic E-state index is -0.00649. The van der Waals surface area contributed by atoms with E-state index < -0.39 is 0 Å². The monoisotopic (exact) mass is 242 g/mol. The Hall–Kier alpha value is -0.120. The zero-order valence-electron chi connectivity index (χ0n) is 12.3. The topological polar surface area (TPSA) is 24.5 Å². The Labute approximate surface area is 107 Å². The van der Waals surface area contributed by atoms with Crippen LogP contribution in [-0.4, -0.2) is 49.8 Å². The van der Waals surface area contributed by atoms with Gasteiger partial charge < -0.3 is 15.0 Å². The van der Waals surface area contributed by atoms with Gasteiger partial charge in [0.25, 0.3) is 0 Å². The first kappa shape index (κ1) is 14.9. The largest absolute Gasteiger partial charge is 0.375 e. The predicted molar refractivity (Wildman–Crippen MR) is 73.4 cm³/mol. The fraction of sp³-hybridized carbons (Fsp3) is 1.00. The van der Waals surface area contributed by atoms with Crippen LogP contribution in [0.15, 0.2) is 0 Å². The van der Waals surface area contributed by atoms with Gasteiger partial charge in [-0.3, -0.25) is 0 Å². The van der Waals surface area contributed by atoms with E-state index in [2.05, 4.69) is 45.0 Å². The summed E-state index contributed by atoms with van der Waals surface area (Å²) < 4.78 is 5.80. The molecule has 0 radical (unpaired) electrons. The summed E-state index contributed by atoms with van der Waals surface area (Å²) in [7, 11) is 2.06. The lowest BCUT2D eigenvalue weighted by Crippen LogP contribution is -2.44. The number of hydrogen-bond acceptors (Lipinski definition) is 3. The van der Waals surface area contributed by atoms with Crippen LogP contribution in [0.5, 0.6) is 0 Å². The molecule has 2 atom stereocenters. The number of piperidine rings is 1. The summed E-state index contributed by atoms with van der Waals surface area (Å²) >= 11 is 0. The Morgan fingerprint density at radius 3 is 2.71 bits per heavy atom. The summed E-state index contributed by atoms with van der Waals surface area (Å²) in [6.07, 6.45) is 2.69. The molecule has 1 N–H and O–H groups in total. The van der Waals surface area contributed by atoms with Crippen LogP contribution in [0.3, 0.4) is 0 Å². The highest BCUT2D eigenvalue weighted by atomic mass is 16.5. The zero-order chi connectivity index (χ0) is 12.9. The van der Waals surface area contributed by atoms with E-state index >= 15 is 0 Å². The lowest BCUT2D eigenvalue weighted by Gasteiger charge is -2.36. The van der Waals surface area contributed by atoms with Gasteiger partial charge in [-0.05, 0) is 60.0 Å². The number of ether oxygens (including phenoxy) is 1. The molecule has 1 fully saturated rings. The van der Waals surface area contributed by atoms with E-state index in [1.807, 2.05) is 0 Å². The van der Waals surface area contributed by atoms with Gasteiger partial charge in [-0.15, -0.1) is 0 Å². The van der Waals surface area contributed by atoms with Crippen molar-refractivity contribution in [2.24, 2.45) is 5.92 Å². The molecule has 1 rings (SSSR count). The summed E-state index contributed by atoms with van der Waals surface area (Å²) in [6.45, 7) is 13.0. The van der Waals surface area contributed by atoms with Gasteiger partial charge in [-0.1, -0.05) is 0 Å². The quantitative estimate of drug-likeness (QED) is 0.799. The van der Waals surface area contributed by atoms with Crippen LogP contribution in [0, 0.1) is 5.92 Å². The second-order valence-corrected chi connectivity index (χ2v) is 6.24. The van der Waals surface area contributed by atoms with Crippen LogP contribution < -0.4 is 5.32 Å². The van der Waals surface area contributed by atoms with Gasteiger partial charge in [0.05, 0.1) is 12.2 Å². The molecule has 1 aliphatic rings. The molecular weight excluding hydrogens is 212 g/mol. The molecule has 1 heterocycles. The summed E-state index contributed by atoms with van der Waals surface area (Å²) in [5, 5.41) is 3.38. The van der Waals surface area contributed by atoms with Crippen LogP contribution in [0.2, 0.25) is 0 Å². The van der Waals surface area contributed by atoms with Gasteiger partial charge in [0.1, 0.15) is 0 Å². The van der Waals surface area contributed by atoms with E-state index in [9.17, 15) is 0 Å². The average molecular weight is 242 g/mol. The number of likely N-dealkylation sites (tertiary alicyclic amines) is 1. The van der Waals surface area contributed by atoms with Gasteiger partial charge in [-0.2, -0.15) is 0 Å². The first-order chi connectivity index (χ1) is 7.92. The highest BCUT2D eigenvalue weighted by Crippen LogP contribution is 2.19. The predicted octanol–water partition coefficient (Wildman–Crippen LogP) is 2.12. The fourth-order valence-electron chi connectivity index (χ4n) is 2.42. The lowest BCUT2D eigenvalue weighted by atomic mass is 9.92. The maximum absolute atomic E-state index is 5.80. The van der Waals surface area contributed by atoms with E-state index in [0.29, 0.717) is 6.04 Å². The van der Waals surface area contributed by atoms with E-state index in [-0.39, 0.29) is 5.60 Å². The van der Waals surface area contributed by atoms with Crippen LogP contribution in [0.4, 0.5) is 0 Å². The van der Waals surface area contributed by atoms with Crippen molar-refractivity contribution in [1.82, 2.24) is 10.2 Å². The SMILES string of the molecule is CNC(C)C1CCCN(CCOC(C)(C)C)C1. The highest BCUT2D eigenvalue weighted by molar-refractivity contribution is 4.79. The third-order valence-electron chi connectivity index (χ3n) is 3.65. The van der Waals surface area contributed by atoms with Crippen LogP contribution >= 0.6 is 0 Å². The molecule has 0 spiro atoms. The molecule has 1 aliphatic heterocycles. The number of nitrogens with zero attached hydrogens (tertiary/aromatic N) is 1. The van der Waals surface area contributed by atoms with Gasteiger partial charge in [0, 0.05) is 19.1 Å². The Kier molecular flexibility index (Phi) is 5.90. The fourth-order valence-corrected chi connectivity index (χ4v) is 2.42. The van der Waals surface area contributed by atoms with Gasteiger partial charge in [-0.25, -0.2) is 0 Å². The first-order valence-electron chi connectivity index (χ1n) is 6.96. The van der Waals surface area contributed by atoms with Crippen molar-refractivity contribution in [2.75, 3.05) is 33.3 Å². The number of rotatable bonds is 5. The number of nitrogens with one attached hydrogen (secondary N) is 1. The van der Waals surface area contributed by atoms with Crippen LogP contribution in [-0.2, 0) is 4.74 Å². The Morgan fingerprint density at radius 1 is 1.41 bits per heavy atom. The van der Waals surface area contributed by atoms with E-state index in [0.717, 1.165) is 19.1 Å². The third kappa shape index (κ3) is 5.84. The zero-order valence-corrected chi connectivity index (χ0v) is 12.3. The molecule has 1 saturated heterocycles. The minimum Gasteiger partial charge on any atom is -0.375 e. The Bertz CT molecular complexity index is 213. The van der Waals surface area contributed by atoms with Crippen LogP contribution in [0.1, 0.15) is 40.5 Å². The number of hydrogen-bond donors (Lipinski definition) is 1. The second kappa shape index (κ2) is 6.72. The summed E-state index contributed by atoms with van der Waals surface area (Å²) in [5.74, 6) is 0.795. The molecule has 0 amide bonds. The molecule has 0 aromatic heterocycles. The molecule has 102 valence electrons. The summed E-state index contributed by atoms with van der Waals surface area (Å²) in [4.78, 5) is 2.55. The van der Waals surface area contributed by atoms with Crippen molar-refractivity contribution in [3.05, 3.63) is 0 Å². The van der Waals surface area contributed by atoms with E-state index in [1.54, 1.807) is 0 Å². The Morgan fingerprint density at radius 2 is 2.12 bits per heavy atom. The first-order valence-corrected chi connectivity index (χ1v) is 6.96. The van der Waals surface area contributed by atoms with Crippen molar-refractivity contribution < 1.29 is 4.74 Å². The normalized spacial score (nSPS) is 24.9. The van der Waals surface area contributed by atoms with Gasteiger partial charge >= 0.3 is 0 Å². The smallest absolute Gasteiger partial charge is 0.0600 e. The Balaban J connectivity index is 2.25. The maximum Gasteiger partial charge on any atom is 0.0600 e. The highest BCUT2D eigenvalue weighted by Gasteiger charge is 2.23. The third-order valence-corrected chi connectivity index (χ3v) is 3.65. The molecule has 2 unspecified atom stereocenters. The van der Waals surface area contributed by atoms with Crippen molar-refractivity contribution in [3.63, 3.8) is 0 Å². The molecule has 0 aliphatic carbocycles. The summed E-state index contributed by atoms with van der Waals surface area (Å²) in [6, 6.07) is 0.626. The molecule has 17 heavy (non-hydrogen) atoms. The molecule has 3 nitrogen and oxygen atoms in total. The second-order valence-electron chi connectivity index (χ2n) is 6.24. The molecule has 0 bridgehead atoms. The molecule has 0 aromatic carbocycles.